The van der Waals surface area contributed by atoms with Crippen LogP contribution in [0.5, 0.6) is 0 Å². The third kappa shape index (κ3) is 5.14. The molecule has 2 N–H and O–H groups in total. The topological polar surface area (TPSA) is 84.3 Å². The summed E-state index contributed by atoms with van der Waals surface area (Å²) >= 11 is 0. The number of nitrogens with zero attached hydrogens (tertiary/aromatic N) is 1. The Morgan fingerprint density at radius 1 is 1.40 bits per heavy atom. The van der Waals surface area contributed by atoms with E-state index in [9.17, 15) is 14.9 Å². The molecule has 0 bridgehead atoms. The first-order valence-corrected chi connectivity index (χ1v) is 6.15. The van der Waals surface area contributed by atoms with Gasteiger partial charge in [0.1, 0.15) is 0 Å². The van der Waals surface area contributed by atoms with Crippen molar-refractivity contribution in [3.63, 3.8) is 0 Å². The lowest BCUT2D eigenvalue weighted by molar-refractivity contribution is -0.384. The Hall–Kier alpha value is -1.66. The molecule has 0 spiro atoms. The maximum absolute atomic E-state index is 11.9. The fraction of sp³-hybridized carbons (Fsp3) is 0.462. The lowest BCUT2D eigenvalue weighted by Gasteiger charge is -2.17. The van der Waals surface area contributed by atoms with E-state index in [2.05, 4.69) is 10.6 Å². The molecule has 0 aliphatic heterocycles. The van der Waals surface area contributed by atoms with E-state index in [1.807, 2.05) is 13.8 Å². The van der Waals surface area contributed by atoms with Crippen LogP contribution in [-0.2, 0) is 4.79 Å². The van der Waals surface area contributed by atoms with Gasteiger partial charge in [0, 0.05) is 24.6 Å². The summed E-state index contributed by atoms with van der Waals surface area (Å²) < 4.78 is 0. The van der Waals surface area contributed by atoms with Gasteiger partial charge in [0.25, 0.3) is 5.69 Å². The molecule has 0 aliphatic carbocycles. The van der Waals surface area contributed by atoms with E-state index in [-0.39, 0.29) is 36.0 Å². The van der Waals surface area contributed by atoms with Gasteiger partial charge in [-0.05, 0) is 19.5 Å². The van der Waals surface area contributed by atoms with Gasteiger partial charge >= 0.3 is 0 Å². The van der Waals surface area contributed by atoms with E-state index in [1.165, 1.54) is 12.1 Å². The Morgan fingerprint density at radius 3 is 2.60 bits per heavy atom. The summed E-state index contributed by atoms with van der Waals surface area (Å²) in [6.45, 7) is 4.22. The molecular formula is C13H20ClN3O3. The zero-order valence-electron chi connectivity index (χ0n) is 11.8. The molecule has 1 aromatic carbocycles. The molecule has 6 nitrogen and oxygen atoms in total. The Bertz CT molecular complexity index is 468. The number of nitro benzene ring substituents is 1. The van der Waals surface area contributed by atoms with Crippen LogP contribution in [0.4, 0.5) is 5.69 Å². The van der Waals surface area contributed by atoms with Crippen molar-refractivity contribution in [3.05, 3.63) is 39.9 Å². The van der Waals surface area contributed by atoms with Gasteiger partial charge in [0.2, 0.25) is 5.91 Å². The number of nitrogens with one attached hydrogen (secondary N) is 2. The summed E-state index contributed by atoms with van der Waals surface area (Å²) in [5, 5.41) is 16.5. The predicted octanol–water partition coefficient (Wildman–Crippen LogP) is 2.05. The number of carbonyl (C=O) groups is 1. The Balaban J connectivity index is 0.00000361. The second kappa shape index (κ2) is 8.50. The van der Waals surface area contributed by atoms with E-state index in [0.29, 0.717) is 6.54 Å². The van der Waals surface area contributed by atoms with Gasteiger partial charge < -0.3 is 10.6 Å². The number of halogens is 1. The third-order valence-electron chi connectivity index (χ3n) is 2.90. The largest absolute Gasteiger partial charge is 0.349 e. The molecule has 1 rings (SSSR count). The maximum Gasteiger partial charge on any atom is 0.269 e. The Morgan fingerprint density at radius 2 is 2.05 bits per heavy atom. The first-order valence-electron chi connectivity index (χ1n) is 6.15. The fourth-order valence-electron chi connectivity index (χ4n) is 1.75. The Kier molecular flexibility index (Phi) is 7.79. The maximum atomic E-state index is 11.9. The second-order valence-corrected chi connectivity index (χ2v) is 4.54. The number of hydrogen-bond donors (Lipinski definition) is 2. The van der Waals surface area contributed by atoms with Crippen LogP contribution in [-0.4, -0.2) is 24.4 Å². The minimum absolute atomic E-state index is 0. The summed E-state index contributed by atoms with van der Waals surface area (Å²) in [6.07, 6.45) is 0. The molecule has 0 fully saturated rings. The molecule has 0 aliphatic rings. The molecule has 0 saturated carbocycles. The van der Waals surface area contributed by atoms with Gasteiger partial charge in [0.15, 0.2) is 0 Å². The zero-order valence-corrected chi connectivity index (χ0v) is 12.6. The van der Waals surface area contributed by atoms with E-state index >= 15 is 0 Å². The number of amides is 1. The van der Waals surface area contributed by atoms with Gasteiger partial charge in [-0.3, -0.25) is 14.9 Å². The average Bonchev–Trinajstić information content (AvgIpc) is 2.39. The van der Waals surface area contributed by atoms with Gasteiger partial charge in [-0.2, -0.15) is 0 Å². The molecule has 20 heavy (non-hydrogen) atoms. The van der Waals surface area contributed by atoms with Crippen molar-refractivity contribution in [3.8, 4) is 0 Å². The first-order chi connectivity index (χ1) is 8.95. The molecule has 0 radical (unpaired) electrons. The molecule has 0 heterocycles. The number of rotatable bonds is 6. The molecule has 112 valence electrons. The number of non-ortho nitro benzene ring substituents is 1. The van der Waals surface area contributed by atoms with Crippen LogP contribution in [0.1, 0.15) is 25.5 Å². The summed E-state index contributed by atoms with van der Waals surface area (Å²) in [5.41, 5.74) is 0.751. The molecule has 2 unspecified atom stereocenters. The smallest absolute Gasteiger partial charge is 0.269 e. The lowest BCUT2D eigenvalue weighted by Crippen LogP contribution is -2.35. The SMILES string of the molecule is CNCC(C)C(=O)NC(C)c1cccc([N+](=O)[O-])c1.Cl. The highest BCUT2D eigenvalue weighted by Gasteiger charge is 2.16. The second-order valence-electron chi connectivity index (χ2n) is 4.54. The van der Waals surface area contributed by atoms with Crippen molar-refractivity contribution in [1.29, 1.82) is 0 Å². The van der Waals surface area contributed by atoms with Crippen LogP contribution in [0.15, 0.2) is 24.3 Å². The minimum Gasteiger partial charge on any atom is -0.349 e. The average molecular weight is 302 g/mol. The van der Waals surface area contributed by atoms with E-state index < -0.39 is 4.92 Å². The van der Waals surface area contributed by atoms with Crippen LogP contribution in [0.2, 0.25) is 0 Å². The summed E-state index contributed by atoms with van der Waals surface area (Å²) in [4.78, 5) is 22.1. The van der Waals surface area contributed by atoms with Crippen molar-refractivity contribution >= 4 is 24.0 Å². The van der Waals surface area contributed by atoms with Crippen LogP contribution >= 0.6 is 12.4 Å². The number of nitro groups is 1. The van der Waals surface area contributed by atoms with Crippen molar-refractivity contribution < 1.29 is 9.72 Å². The highest BCUT2D eigenvalue weighted by molar-refractivity contribution is 5.85. The van der Waals surface area contributed by atoms with E-state index in [4.69, 9.17) is 0 Å². The van der Waals surface area contributed by atoms with Crippen molar-refractivity contribution in [1.82, 2.24) is 10.6 Å². The highest BCUT2D eigenvalue weighted by Crippen LogP contribution is 2.19. The van der Waals surface area contributed by atoms with Gasteiger partial charge in [-0.1, -0.05) is 19.1 Å². The molecular weight excluding hydrogens is 282 g/mol. The molecule has 0 saturated heterocycles. The Labute approximate surface area is 124 Å². The molecule has 0 aromatic heterocycles. The summed E-state index contributed by atoms with van der Waals surface area (Å²) in [7, 11) is 1.79. The van der Waals surface area contributed by atoms with Crippen LogP contribution in [0, 0.1) is 16.0 Å². The molecule has 1 amide bonds. The van der Waals surface area contributed by atoms with Crippen molar-refractivity contribution in [2.24, 2.45) is 5.92 Å². The van der Waals surface area contributed by atoms with Crippen LogP contribution in [0.3, 0.4) is 0 Å². The minimum atomic E-state index is -0.443. The standard InChI is InChI=1S/C13H19N3O3.ClH/c1-9(8-14-3)13(17)15-10(2)11-5-4-6-12(7-11)16(18)19;/h4-7,9-10,14H,8H2,1-3H3,(H,15,17);1H. The number of hydrogen-bond acceptors (Lipinski definition) is 4. The van der Waals surface area contributed by atoms with Crippen LogP contribution in [0.25, 0.3) is 0 Å². The van der Waals surface area contributed by atoms with Gasteiger partial charge in [0.05, 0.1) is 11.0 Å². The number of carbonyl (C=O) groups excluding carboxylic acids is 1. The zero-order chi connectivity index (χ0) is 14.4. The fourth-order valence-corrected chi connectivity index (χ4v) is 1.75. The lowest BCUT2D eigenvalue weighted by atomic mass is 10.1. The third-order valence-corrected chi connectivity index (χ3v) is 2.90. The van der Waals surface area contributed by atoms with Gasteiger partial charge in [-0.25, -0.2) is 0 Å². The molecule has 1 aromatic rings. The van der Waals surface area contributed by atoms with E-state index in [1.54, 1.807) is 19.2 Å². The van der Waals surface area contributed by atoms with Crippen molar-refractivity contribution in [2.45, 2.75) is 19.9 Å². The highest BCUT2D eigenvalue weighted by atomic mass is 35.5. The summed E-state index contributed by atoms with van der Waals surface area (Å²) in [6, 6.07) is 6.04. The van der Waals surface area contributed by atoms with Gasteiger partial charge in [-0.15, -0.1) is 12.4 Å². The normalized spacial score (nSPS) is 12.9. The predicted molar refractivity (Wildman–Crippen MR) is 80.0 cm³/mol. The first kappa shape index (κ1) is 18.3. The van der Waals surface area contributed by atoms with Crippen molar-refractivity contribution in [2.75, 3.05) is 13.6 Å². The number of benzene rings is 1. The monoisotopic (exact) mass is 301 g/mol. The molecule has 7 heteroatoms. The van der Waals surface area contributed by atoms with Crippen LogP contribution < -0.4 is 10.6 Å². The van der Waals surface area contributed by atoms with E-state index in [0.717, 1.165) is 5.56 Å². The quantitative estimate of drug-likeness (QED) is 0.622. The molecule has 2 atom stereocenters. The summed E-state index contributed by atoms with van der Waals surface area (Å²) in [5.74, 6) is -0.223.